The average Bonchev–Trinajstić information content (AvgIpc) is 2.88. The second-order valence-corrected chi connectivity index (χ2v) is 4.40. The minimum absolute atomic E-state index is 0.0898. The van der Waals surface area contributed by atoms with Crippen molar-refractivity contribution in [1.82, 2.24) is 0 Å². The molecule has 0 saturated carbocycles. The van der Waals surface area contributed by atoms with Crippen molar-refractivity contribution in [1.29, 1.82) is 0 Å². The molecule has 2 aromatic carbocycles. The van der Waals surface area contributed by atoms with Crippen LogP contribution in [0.1, 0.15) is 0 Å². The van der Waals surface area contributed by atoms with Gasteiger partial charge in [0, 0.05) is 18.2 Å². The highest BCUT2D eigenvalue weighted by Gasteiger charge is 2.15. The molecular formula is C13H8ClNO5. The summed E-state index contributed by atoms with van der Waals surface area (Å²) in [7, 11) is 0. The van der Waals surface area contributed by atoms with Crippen LogP contribution >= 0.6 is 11.6 Å². The average molecular weight is 294 g/mol. The van der Waals surface area contributed by atoms with Gasteiger partial charge in [0.25, 0.3) is 5.69 Å². The monoisotopic (exact) mass is 293 g/mol. The molecule has 0 aromatic heterocycles. The second-order valence-electron chi connectivity index (χ2n) is 3.99. The Balaban J connectivity index is 1.86. The second kappa shape index (κ2) is 4.90. The number of nitro groups is 1. The Bertz CT molecular complexity index is 688. The lowest BCUT2D eigenvalue weighted by atomic mass is 10.3. The standard InChI is InChI=1S/C13H8ClNO5/c14-10-5-8(15(16)17)1-3-11(10)20-9-2-4-12-13(6-9)19-7-18-12/h1-6H,7H2. The van der Waals surface area contributed by atoms with Gasteiger partial charge in [-0.15, -0.1) is 0 Å². The van der Waals surface area contributed by atoms with E-state index >= 15 is 0 Å². The van der Waals surface area contributed by atoms with E-state index in [9.17, 15) is 10.1 Å². The topological polar surface area (TPSA) is 70.8 Å². The Morgan fingerprint density at radius 3 is 2.70 bits per heavy atom. The molecule has 0 saturated heterocycles. The number of non-ortho nitro benzene ring substituents is 1. The van der Waals surface area contributed by atoms with Gasteiger partial charge in [-0.25, -0.2) is 0 Å². The molecule has 0 unspecified atom stereocenters. The summed E-state index contributed by atoms with van der Waals surface area (Å²) in [6.45, 7) is 0.178. The van der Waals surface area contributed by atoms with Crippen LogP contribution in [0, 0.1) is 10.1 Å². The van der Waals surface area contributed by atoms with Crippen molar-refractivity contribution < 1.29 is 19.1 Å². The third-order valence-corrected chi connectivity index (χ3v) is 2.99. The first kappa shape index (κ1) is 12.6. The van der Waals surface area contributed by atoms with Gasteiger partial charge in [-0.1, -0.05) is 11.6 Å². The molecule has 1 aliphatic heterocycles. The maximum Gasteiger partial charge on any atom is 0.271 e. The van der Waals surface area contributed by atoms with Gasteiger partial charge in [-0.2, -0.15) is 0 Å². The Labute approximate surface area is 118 Å². The van der Waals surface area contributed by atoms with Gasteiger partial charge in [0.1, 0.15) is 11.5 Å². The largest absolute Gasteiger partial charge is 0.456 e. The molecule has 0 spiro atoms. The van der Waals surface area contributed by atoms with Crippen LogP contribution in [-0.2, 0) is 0 Å². The van der Waals surface area contributed by atoms with Crippen molar-refractivity contribution in [2.75, 3.05) is 6.79 Å². The van der Waals surface area contributed by atoms with Crippen LogP contribution in [-0.4, -0.2) is 11.7 Å². The Morgan fingerprint density at radius 1 is 1.15 bits per heavy atom. The van der Waals surface area contributed by atoms with Crippen LogP contribution in [0.15, 0.2) is 36.4 Å². The van der Waals surface area contributed by atoms with E-state index in [-0.39, 0.29) is 17.5 Å². The predicted molar refractivity (Wildman–Crippen MR) is 70.7 cm³/mol. The highest BCUT2D eigenvalue weighted by Crippen LogP contribution is 2.38. The molecular weight excluding hydrogens is 286 g/mol. The van der Waals surface area contributed by atoms with Gasteiger partial charge >= 0.3 is 0 Å². The van der Waals surface area contributed by atoms with E-state index in [4.69, 9.17) is 25.8 Å². The van der Waals surface area contributed by atoms with E-state index in [0.717, 1.165) is 0 Å². The highest BCUT2D eigenvalue weighted by molar-refractivity contribution is 6.32. The molecule has 7 heteroatoms. The van der Waals surface area contributed by atoms with Crippen LogP contribution in [0.2, 0.25) is 5.02 Å². The SMILES string of the molecule is O=[N+]([O-])c1ccc(Oc2ccc3c(c2)OCO3)c(Cl)c1. The number of hydrogen-bond donors (Lipinski definition) is 0. The molecule has 1 aliphatic rings. The molecule has 20 heavy (non-hydrogen) atoms. The first-order valence-corrected chi connectivity index (χ1v) is 6.03. The summed E-state index contributed by atoms with van der Waals surface area (Å²) in [6, 6.07) is 9.10. The molecule has 1 heterocycles. The van der Waals surface area contributed by atoms with Crippen molar-refractivity contribution in [3.63, 3.8) is 0 Å². The van der Waals surface area contributed by atoms with Gasteiger partial charge in [-0.05, 0) is 18.2 Å². The van der Waals surface area contributed by atoms with E-state index < -0.39 is 4.92 Å². The molecule has 3 rings (SSSR count). The molecule has 6 nitrogen and oxygen atoms in total. The zero-order valence-electron chi connectivity index (χ0n) is 10.0. The van der Waals surface area contributed by atoms with E-state index in [1.165, 1.54) is 18.2 Å². The summed E-state index contributed by atoms with van der Waals surface area (Å²) in [6.07, 6.45) is 0. The minimum Gasteiger partial charge on any atom is -0.456 e. The van der Waals surface area contributed by atoms with Crippen molar-refractivity contribution in [2.45, 2.75) is 0 Å². The first-order chi connectivity index (χ1) is 9.63. The number of ether oxygens (including phenoxy) is 3. The minimum atomic E-state index is -0.518. The van der Waals surface area contributed by atoms with Crippen molar-refractivity contribution in [3.8, 4) is 23.0 Å². The molecule has 0 aliphatic carbocycles. The van der Waals surface area contributed by atoms with Gasteiger partial charge < -0.3 is 14.2 Å². The van der Waals surface area contributed by atoms with Crippen LogP contribution in [0.5, 0.6) is 23.0 Å². The summed E-state index contributed by atoms with van der Waals surface area (Å²) in [5.74, 6) is 2.06. The zero-order valence-corrected chi connectivity index (χ0v) is 10.8. The third-order valence-electron chi connectivity index (χ3n) is 2.70. The number of benzene rings is 2. The fourth-order valence-corrected chi connectivity index (χ4v) is 1.97. The molecule has 0 bridgehead atoms. The lowest BCUT2D eigenvalue weighted by molar-refractivity contribution is -0.384. The van der Waals surface area contributed by atoms with Crippen molar-refractivity contribution in [3.05, 3.63) is 51.5 Å². The molecule has 0 amide bonds. The van der Waals surface area contributed by atoms with Crippen LogP contribution in [0.4, 0.5) is 5.69 Å². The van der Waals surface area contributed by atoms with Crippen molar-refractivity contribution in [2.24, 2.45) is 0 Å². The fraction of sp³-hybridized carbons (Fsp3) is 0.0769. The van der Waals surface area contributed by atoms with Crippen LogP contribution in [0.3, 0.4) is 0 Å². The molecule has 0 radical (unpaired) electrons. The first-order valence-electron chi connectivity index (χ1n) is 5.65. The number of rotatable bonds is 3. The molecule has 102 valence electrons. The maximum absolute atomic E-state index is 10.6. The number of hydrogen-bond acceptors (Lipinski definition) is 5. The highest BCUT2D eigenvalue weighted by atomic mass is 35.5. The van der Waals surface area contributed by atoms with Crippen LogP contribution in [0.25, 0.3) is 0 Å². The normalized spacial score (nSPS) is 12.2. The van der Waals surface area contributed by atoms with Crippen LogP contribution < -0.4 is 14.2 Å². The van der Waals surface area contributed by atoms with Gasteiger partial charge in [0.15, 0.2) is 11.5 Å². The molecule has 0 N–H and O–H groups in total. The van der Waals surface area contributed by atoms with E-state index in [2.05, 4.69) is 0 Å². The van der Waals surface area contributed by atoms with Gasteiger partial charge in [-0.3, -0.25) is 10.1 Å². The summed E-state index contributed by atoms with van der Waals surface area (Å²) >= 11 is 5.96. The lowest BCUT2D eigenvalue weighted by Crippen LogP contribution is -1.92. The van der Waals surface area contributed by atoms with E-state index in [0.29, 0.717) is 23.0 Å². The smallest absolute Gasteiger partial charge is 0.271 e. The quantitative estimate of drug-likeness (QED) is 0.636. The summed E-state index contributed by atoms with van der Waals surface area (Å²) in [4.78, 5) is 10.1. The maximum atomic E-state index is 10.6. The van der Waals surface area contributed by atoms with E-state index in [1.54, 1.807) is 18.2 Å². The third kappa shape index (κ3) is 2.33. The number of nitrogens with zero attached hydrogens (tertiary/aromatic N) is 1. The summed E-state index contributed by atoms with van der Waals surface area (Å²) in [5, 5.41) is 10.8. The lowest BCUT2D eigenvalue weighted by Gasteiger charge is -2.08. The Hall–Kier alpha value is -2.47. The summed E-state index contributed by atoms with van der Waals surface area (Å²) in [5.41, 5.74) is -0.0898. The molecule has 2 aromatic rings. The molecule has 0 fully saturated rings. The fourth-order valence-electron chi connectivity index (χ4n) is 1.75. The van der Waals surface area contributed by atoms with Gasteiger partial charge in [0.05, 0.1) is 9.95 Å². The zero-order chi connectivity index (χ0) is 14.1. The number of nitro benzene ring substituents is 1. The predicted octanol–water partition coefficient (Wildman–Crippen LogP) is 3.77. The molecule has 0 atom stereocenters. The van der Waals surface area contributed by atoms with E-state index in [1.807, 2.05) is 0 Å². The van der Waals surface area contributed by atoms with Crippen molar-refractivity contribution >= 4 is 17.3 Å². The number of fused-ring (bicyclic) bond motifs is 1. The van der Waals surface area contributed by atoms with Gasteiger partial charge in [0.2, 0.25) is 6.79 Å². The Morgan fingerprint density at radius 2 is 1.95 bits per heavy atom. The Kier molecular flexibility index (Phi) is 3.08. The summed E-state index contributed by atoms with van der Waals surface area (Å²) < 4.78 is 16.0. The number of halogens is 1.